The molecule has 98 valence electrons. The smallest absolute Gasteiger partial charge is 0.324 e. The van der Waals surface area contributed by atoms with Crippen molar-refractivity contribution in [2.45, 2.75) is 18.5 Å². The topological polar surface area (TPSA) is 46.2 Å². The monoisotopic (exact) mass is 279 g/mol. The third kappa shape index (κ3) is 3.73. The molecule has 0 aromatic heterocycles. The first-order valence-corrected chi connectivity index (χ1v) is 5.28. The summed E-state index contributed by atoms with van der Waals surface area (Å²) >= 11 is 5.48. The fourth-order valence-electron chi connectivity index (χ4n) is 1.13. The van der Waals surface area contributed by atoms with Crippen LogP contribution in [0.5, 0.6) is 0 Å². The molecule has 0 saturated heterocycles. The van der Waals surface area contributed by atoms with E-state index in [4.69, 9.17) is 11.6 Å². The van der Waals surface area contributed by atoms with Crippen LogP contribution in [0.1, 0.15) is 12.5 Å². The normalized spacial score (nSPS) is 12.9. The van der Waals surface area contributed by atoms with E-state index in [1.54, 1.807) is 0 Å². The van der Waals surface area contributed by atoms with Crippen LogP contribution in [0.25, 0.3) is 0 Å². The minimum Gasteiger partial charge on any atom is -0.324 e. The zero-order valence-electron chi connectivity index (χ0n) is 9.22. The Morgan fingerprint density at radius 1 is 1.22 bits per heavy atom. The van der Waals surface area contributed by atoms with Crippen LogP contribution >= 0.6 is 11.6 Å². The van der Waals surface area contributed by atoms with E-state index in [2.05, 4.69) is 5.32 Å². The second-order valence-corrected chi connectivity index (χ2v) is 3.97. The van der Waals surface area contributed by atoms with Crippen LogP contribution in [0.4, 0.5) is 18.9 Å². The molecule has 1 unspecified atom stereocenters. The van der Waals surface area contributed by atoms with E-state index in [9.17, 15) is 22.8 Å². The van der Waals surface area contributed by atoms with E-state index in [-0.39, 0.29) is 5.69 Å². The van der Waals surface area contributed by atoms with E-state index in [1.165, 1.54) is 0 Å². The number of nitrogens with one attached hydrogen (secondary N) is 1. The van der Waals surface area contributed by atoms with E-state index in [0.29, 0.717) is 0 Å². The third-order valence-electron chi connectivity index (χ3n) is 2.07. The summed E-state index contributed by atoms with van der Waals surface area (Å²) in [7, 11) is 0. The van der Waals surface area contributed by atoms with Crippen molar-refractivity contribution in [3.8, 4) is 0 Å². The lowest BCUT2D eigenvalue weighted by Gasteiger charge is -2.10. The van der Waals surface area contributed by atoms with Crippen LogP contribution in [-0.4, -0.2) is 17.1 Å². The Balaban J connectivity index is 2.76. The van der Waals surface area contributed by atoms with Crippen LogP contribution < -0.4 is 5.32 Å². The second kappa shape index (κ2) is 5.39. The predicted octanol–water partition coefficient (Wildman–Crippen LogP) is 2.84. The largest absolute Gasteiger partial charge is 0.416 e. The summed E-state index contributed by atoms with van der Waals surface area (Å²) in [6.07, 6.45) is -4.43. The molecule has 0 aliphatic heterocycles. The molecule has 0 aliphatic carbocycles. The van der Waals surface area contributed by atoms with Crippen molar-refractivity contribution >= 4 is 29.0 Å². The lowest BCUT2D eigenvalue weighted by molar-refractivity contribution is -0.137. The van der Waals surface area contributed by atoms with Crippen LogP contribution in [0.15, 0.2) is 24.3 Å². The molecule has 0 spiro atoms. The Bertz CT molecular complexity index is 456. The quantitative estimate of drug-likeness (QED) is 0.683. The molecule has 1 rings (SSSR count). The van der Waals surface area contributed by atoms with Crippen molar-refractivity contribution in [3.63, 3.8) is 0 Å². The van der Waals surface area contributed by atoms with Gasteiger partial charge in [0.1, 0.15) is 0 Å². The van der Waals surface area contributed by atoms with Crippen LogP contribution in [0, 0.1) is 0 Å². The summed E-state index contributed by atoms with van der Waals surface area (Å²) in [6.45, 7) is 1.14. The number of hydrogen-bond acceptors (Lipinski definition) is 2. The van der Waals surface area contributed by atoms with Gasteiger partial charge < -0.3 is 5.32 Å². The number of amides is 1. The highest BCUT2D eigenvalue weighted by Crippen LogP contribution is 2.29. The summed E-state index contributed by atoms with van der Waals surface area (Å²) in [6, 6.07) is 3.83. The van der Waals surface area contributed by atoms with Crippen molar-refractivity contribution < 1.29 is 22.8 Å². The number of Topliss-reactive ketones (excluding diaryl/α,β-unsaturated/α-hetero) is 1. The van der Waals surface area contributed by atoms with Crippen molar-refractivity contribution in [2.75, 3.05) is 5.32 Å². The summed E-state index contributed by atoms with van der Waals surface area (Å²) in [5.41, 5.74) is -0.686. The number of benzene rings is 1. The molecule has 0 aliphatic rings. The van der Waals surface area contributed by atoms with E-state index in [0.717, 1.165) is 31.2 Å². The zero-order chi connectivity index (χ0) is 13.9. The Morgan fingerprint density at radius 3 is 2.11 bits per heavy atom. The lowest BCUT2D eigenvalue weighted by Crippen LogP contribution is -2.28. The van der Waals surface area contributed by atoms with Crippen molar-refractivity contribution in [1.29, 1.82) is 0 Å². The molecule has 3 nitrogen and oxygen atoms in total. The SMILES string of the molecule is CC(=O)C(Cl)C(=O)Nc1ccc(C(F)(F)F)cc1. The van der Waals surface area contributed by atoms with Gasteiger partial charge in [0.2, 0.25) is 5.91 Å². The molecule has 0 heterocycles. The lowest BCUT2D eigenvalue weighted by atomic mass is 10.2. The first-order valence-electron chi connectivity index (χ1n) is 4.84. The number of carbonyl (C=O) groups excluding carboxylic acids is 2. The van der Waals surface area contributed by atoms with E-state index >= 15 is 0 Å². The predicted molar refractivity (Wildman–Crippen MR) is 60.4 cm³/mol. The fraction of sp³-hybridized carbons (Fsp3) is 0.273. The second-order valence-electron chi connectivity index (χ2n) is 3.54. The number of halogens is 4. The Hall–Kier alpha value is -1.56. The molecule has 18 heavy (non-hydrogen) atoms. The Morgan fingerprint density at radius 2 is 1.72 bits per heavy atom. The van der Waals surface area contributed by atoms with Gasteiger partial charge in [-0.05, 0) is 31.2 Å². The minimum absolute atomic E-state index is 0.139. The maximum Gasteiger partial charge on any atom is 0.416 e. The highest BCUT2D eigenvalue weighted by atomic mass is 35.5. The molecule has 1 aromatic carbocycles. The molecule has 7 heteroatoms. The minimum atomic E-state index is -4.43. The third-order valence-corrected chi connectivity index (χ3v) is 2.57. The van der Waals surface area contributed by atoms with Crippen LogP contribution in [-0.2, 0) is 15.8 Å². The van der Waals surface area contributed by atoms with Gasteiger partial charge in [0.05, 0.1) is 5.56 Å². The molecule has 0 saturated carbocycles. The molecule has 1 N–H and O–H groups in total. The first-order chi connectivity index (χ1) is 8.21. The van der Waals surface area contributed by atoms with Gasteiger partial charge in [-0.2, -0.15) is 13.2 Å². The maximum atomic E-state index is 12.3. The number of hydrogen-bond donors (Lipinski definition) is 1. The van der Waals surface area contributed by atoms with Gasteiger partial charge in [-0.3, -0.25) is 9.59 Å². The maximum absolute atomic E-state index is 12.3. The number of anilines is 1. The van der Waals surface area contributed by atoms with E-state index in [1.807, 2.05) is 0 Å². The highest BCUT2D eigenvalue weighted by Gasteiger charge is 2.30. The van der Waals surface area contributed by atoms with Gasteiger partial charge in [0, 0.05) is 5.69 Å². The van der Waals surface area contributed by atoms with Gasteiger partial charge in [0.25, 0.3) is 0 Å². The molecule has 0 bridgehead atoms. The Labute approximate surface area is 106 Å². The van der Waals surface area contributed by atoms with Gasteiger partial charge in [-0.25, -0.2) is 0 Å². The standard InChI is InChI=1S/C11H9ClF3NO2/c1-6(17)9(12)10(18)16-8-4-2-7(3-5-8)11(13,14)15/h2-5,9H,1H3,(H,16,18). The molecular formula is C11H9ClF3NO2. The van der Waals surface area contributed by atoms with Crippen molar-refractivity contribution in [3.05, 3.63) is 29.8 Å². The average Bonchev–Trinajstić information content (AvgIpc) is 2.27. The van der Waals surface area contributed by atoms with Gasteiger partial charge in [-0.1, -0.05) is 0 Å². The van der Waals surface area contributed by atoms with Gasteiger partial charge >= 0.3 is 6.18 Å². The number of carbonyl (C=O) groups is 2. The van der Waals surface area contributed by atoms with Gasteiger partial charge in [0.15, 0.2) is 11.2 Å². The van der Waals surface area contributed by atoms with Crippen molar-refractivity contribution in [1.82, 2.24) is 0 Å². The summed E-state index contributed by atoms with van der Waals surface area (Å²) < 4.78 is 36.8. The van der Waals surface area contributed by atoms with Crippen molar-refractivity contribution in [2.24, 2.45) is 0 Å². The van der Waals surface area contributed by atoms with Crippen LogP contribution in [0.2, 0.25) is 0 Å². The molecular weight excluding hydrogens is 271 g/mol. The fourth-order valence-corrected chi connectivity index (χ4v) is 1.19. The highest BCUT2D eigenvalue weighted by molar-refractivity contribution is 6.43. The van der Waals surface area contributed by atoms with Gasteiger partial charge in [-0.15, -0.1) is 11.6 Å². The summed E-state index contributed by atoms with van der Waals surface area (Å²) in [4.78, 5) is 22.2. The number of rotatable bonds is 3. The summed E-state index contributed by atoms with van der Waals surface area (Å²) in [5, 5.41) is 0.888. The summed E-state index contributed by atoms with van der Waals surface area (Å²) in [5.74, 6) is -1.31. The molecule has 0 fully saturated rings. The Kier molecular flexibility index (Phi) is 4.34. The van der Waals surface area contributed by atoms with Crippen LogP contribution in [0.3, 0.4) is 0 Å². The molecule has 1 amide bonds. The number of alkyl halides is 4. The molecule has 1 atom stereocenters. The zero-order valence-corrected chi connectivity index (χ0v) is 9.97. The first kappa shape index (κ1) is 14.5. The average molecular weight is 280 g/mol. The number of ketones is 1. The molecule has 0 radical (unpaired) electrons. The molecule has 1 aromatic rings. The van der Waals surface area contributed by atoms with E-state index < -0.39 is 28.8 Å².